The number of hydrogen-bond acceptors (Lipinski definition) is 4. The SMILES string of the molecule is O=C(Cc1ccc(C(F)(F)F)cc1F)N(Cc1ccncc1)C1C=CS(=O)(=O)C1. The third-order valence-corrected chi connectivity index (χ3v) is 5.83. The smallest absolute Gasteiger partial charge is 0.331 e. The zero-order valence-corrected chi connectivity index (χ0v) is 15.8. The largest absolute Gasteiger partial charge is 0.416 e. The molecule has 1 aromatic heterocycles. The van der Waals surface area contributed by atoms with E-state index >= 15 is 0 Å². The molecule has 5 nitrogen and oxygen atoms in total. The van der Waals surface area contributed by atoms with Crippen LogP contribution in [0.1, 0.15) is 16.7 Å². The van der Waals surface area contributed by atoms with E-state index in [1.807, 2.05) is 0 Å². The van der Waals surface area contributed by atoms with Gasteiger partial charge in [0, 0.05) is 24.3 Å². The first kappa shape index (κ1) is 21.0. The lowest BCUT2D eigenvalue weighted by atomic mass is 10.1. The van der Waals surface area contributed by atoms with Gasteiger partial charge in [-0.15, -0.1) is 0 Å². The van der Waals surface area contributed by atoms with Crippen molar-refractivity contribution >= 4 is 15.7 Å². The van der Waals surface area contributed by atoms with Crippen molar-refractivity contribution in [2.75, 3.05) is 5.75 Å². The predicted octanol–water partition coefficient (Wildman–Crippen LogP) is 3.12. The molecule has 29 heavy (non-hydrogen) atoms. The zero-order chi connectivity index (χ0) is 21.2. The Labute approximate surface area is 164 Å². The van der Waals surface area contributed by atoms with Gasteiger partial charge in [-0.2, -0.15) is 13.2 Å². The summed E-state index contributed by atoms with van der Waals surface area (Å²) in [4.78, 5) is 18.0. The number of carbonyl (C=O) groups is 1. The number of halogens is 4. The van der Waals surface area contributed by atoms with Crippen LogP contribution in [0, 0.1) is 5.82 Å². The van der Waals surface area contributed by atoms with Crippen LogP contribution in [-0.4, -0.2) is 36.0 Å². The van der Waals surface area contributed by atoms with Gasteiger partial charge in [-0.3, -0.25) is 9.78 Å². The molecule has 1 amide bonds. The third-order valence-electron chi connectivity index (χ3n) is 4.46. The van der Waals surface area contributed by atoms with Crippen LogP contribution in [0.25, 0.3) is 0 Å². The quantitative estimate of drug-likeness (QED) is 0.687. The van der Waals surface area contributed by atoms with Gasteiger partial charge in [-0.05, 0) is 41.5 Å². The van der Waals surface area contributed by atoms with E-state index in [-0.39, 0.29) is 17.9 Å². The summed E-state index contributed by atoms with van der Waals surface area (Å²) in [5.41, 5.74) is -0.670. The Morgan fingerprint density at radius 2 is 1.86 bits per heavy atom. The summed E-state index contributed by atoms with van der Waals surface area (Å²) in [6.07, 6.45) is -0.805. The Balaban J connectivity index is 1.84. The predicted molar refractivity (Wildman–Crippen MR) is 96.6 cm³/mol. The molecule has 0 fully saturated rings. The molecule has 10 heteroatoms. The first-order valence-corrected chi connectivity index (χ1v) is 10.2. The third kappa shape index (κ3) is 5.20. The van der Waals surface area contributed by atoms with Crippen LogP contribution in [-0.2, 0) is 33.8 Å². The molecule has 0 N–H and O–H groups in total. The standard InChI is InChI=1S/C19H16F4N2O3S/c20-17-10-15(19(21,22)23)2-1-14(17)9-18(26)25(11-13-3-6-24-7-4-13)16-5-8-29(27,28)12-16/h1-8,10,16H,9,11-12H2. The van der Waals surface area contributed by atoms with Crippen molar-refractivity contribution in [2.45, 2.75) is 25.2 Å². The normalized spacial score (nSPS) is 18.0. The fourth-order valence-corrected chi connectivity index (χ4v) is 4.26. The first-order valence-electron chi connectivity index (χ1n) is 8.50. The van der Waals surface area contributed by atoms with Gasteiger partial charge < -0.3 is 4.90 Å². The van der Waals surface area contributed by atoms with Crippen LogP contribution in [0.15, 0.2) is 54.2 Å². The number of carbonyl (C=O) groups excluding carboxylic acids is 1. The number of hydrogen-bond donors (Lipinski definition) is 0. The molecule has 0 saturated heterocycles. The van der Waals surface area contributed by atoms with E-state index in [0.29, 0.717) is 17.7 Å². The Kier molecular flexibility index (Phi) is 5.74. The highest BCUT2D eigenvalue weighted by molar-refractivity contribution is 7.94. The van der Waals surface area contributed by atoms with Crippen molar-refractivity contribution in [3.63, 3.8) is 0 Å². The van der Waals surface area contributed by atoms with Gasteiger partial charge >= 0.3 is 6.18 Å². The fourth-order valence-electron chi connectivity index (χ4n) is 2.96. The number of aromatic nitrogens is 1. The summed E-state index contributed by atoms with van der Waals surface area (Å²) in [7, 11) is -3.46. The van der Waals surface area contributed by atoms with Crippen molar-refractivity contribution in [3.05, 3.63) is 76.7 Å². The van der Waals surface area contributed by atoms with Gasteiger partial charge in [-0.25, -0.2) is 12.8 Å². The van der Waals surface area contributed by atoms with Crippen molar-refractivity contribution in [1.82, 2.24) is 9.88 Å². The minimum Gasteiger partial charge on any atom is -0.331 e. The summed E-state index contributed by atoms with van der Waals surface area (Å²) in [6.45, 7) is 0.0497. The molecule has 0 saturated carbocycles. The van der Waals surface area contributed by atoms with E-state index in [4.69, 9.17) is 0 Å². The van der Waals surface area contributed by atoms with Crippen molar-refractivity contribution in [1.29, 1.82) is 0 Å². The second-order valence-electron chi connectivity index (χ2n) is 6.58. The van der Waals surface area contributed by atoms with E-state index in [0.717, 1.165) is 11.5 Å². The van der Waals surface area contributed by atoms with Crippen LogP contribution >= 0.6 is 0 Å². The van der Waals surface area contributed by atoms with E-state index in [1.54, 1.807) is 12.1 Å². The average molecular weight is 428 g/mol. The molecule has 3 rings (SSSR count). The summed E-state index contributed by atoms with van der Waals surface area (Å²) >= 11 is 0. The Bertz CT molecular complexity index is 1040. The molecule has 2 aromatic rings. The lowest BCUT2D eigenvalue weighted by Crippen LogP contribution is -2.41. The fraction of sp³-hybridized carbons (Fsp3) is 0.263. The number of nitrogens with zero attached hydrogens (tertiary/aromatic N) is 2. The summed E-state index contributed by atoms with van der Waals surface area (Å²) < 4.78 is 75.8. The number of sulfone groups is 1. The maximum absolute atomic E-state index is 14.1. The molecule has 154 valence electrons. The number of rotatable bonds is 5. The number of alkyl halides is 3. The van der Waals surface area contributed by atoms with Gasteiger partial charge in [0.05, 0.1) is 23.8 Å². The maximum atomic E-state index is 14.1. The molecule has 0 bridgehead atoms. The molecule has 2 heterocycles. The summed E-state index contributed by atoms with van der Waals surface area (Å²) in [5, 5.41) is 1.02. The topological polar surface area (TPSA) is 67.3 Å². The average Bonchev–Trinajstić information content (AvgIpc) is 3.00. The molecule has 0 spiro atoms. The van der Waals surface area contributed by atoms with Crippen LogP contribution in [0.4, 0.5) is 17.6 Å². The van der Waals surface area contributed by atoms with Crippen LogP contribution in [0.3, 0.4) is 0 Å². The highest BCUT2D eigenvalue weighted by Gasteiger charge is 2.33. The highest BCUT2D eigenvalue weighted by Crippen LogP contribution is 2.30. The first-order chi connectivity index (χ1) is 13.5. The molecule has 0 aliphatic carbocycles. The van der Waals surface area contributed by atoms with Gasteiger partial charge in [0.15, 0.2) is 9.84 Å². The lowest BCUT2D eigenvalue weighted by Gasteiger charge is -2.28. The summed E-state index contributed by atoms with van der Waals surface area (Å²) in [6, 6.07) is 4.51. The van der Waals surface area contributed by atoms with E-state index in [9.17, 15) is 30.8 Å². The van der Waals surface area contributed by atoms with Gasteiger partial charge in [-0.1, -0.05) is 6.07 Å². The Morgan fingerprint density at radius 3 is 2.41 bits per heavy atom. The second-order valence-corrected chi connectivity index (χ2v) is 8.51. The molecule has 1 aromatic carbocycles. The van der Waals surface area contributed by atoms with Gasteiger partial charge in [0.25, 0.3) is 0 Å². The number of pyridine rings is 1. The van der Waals surface area contributed by atoms with Gasteiger partial charge in [0.1, 0.15) is 5.82 Å². The minimum atomic E-state index is -4.69. The monoisotopic (exact) mass is 428 g/mol. The Morgan fingerprint density at radius 1 is 1.17 bits per heavy atom. The lowest BCUT2D eigenvalue weighted by molar-refractivity contribution is -0.137. The summed E-state index contributed by atoms with van der Waals surface area (Å²) in [5.74, 6) is -2.06. The maximum Gasteiger partial charge on any atom is 0.416 e. The van der Waals surface area contributed by atoms with Crippen LogP contribution in [0.2, 0.25) is 0 Å². The molecular formula is C19H16F4N2O3S. The molecule has 1 atom stereocenters. The van der Waals surface area contributed by atoms with Crippen LogP contribution in [0.5, 0.6) is 0 Å². The second kappa shape index (κ2) is 7.94. The van der Waals surface area contributed by atoms with E-state index in [2.05, 4.69) is 4.98 Å². The van der Waals surface area contributed by atoms with Crippen molar-refractivity contribution in [3.8, 4) is 0 Å². The van der Waals surface area contributed by atoms with E-state index in [1.165, 1.54) is 23.4 Å². The molecule has 1 unspecified atom stereocenters. The van der Waals surface area contributed by atoms with Crippen molar-refractivity contribution in [2.24, 2.45) is 0 Å². The van der Waals surface area contributed by atoms with Crippen LogP contribution < -0.4 is 0 Å². The minimum absolute atomic E-state index is 0.0497. The number of amides is 1. The highest BCUT2D eigenvalue weighted by atomic mass is 32.2. The Hall–Kier alpha value is -2.75. The molecule has 1 aliphatic rings. The molecule has 0 radical (unpaired) electrons. The van der Waals surface area contributed by atoms with Gasteiger partial charge in [0.2, 0.25) is 5.91 Å². The zero-order valence-electron chi connectivity index (χ0n) is 14.9. The number of benzene rings is 1. The molecular weight excluding hydrogens is 412 g/mol. The molecule has 1 aliphatic heterocycles. The van der Waals surface area contributed by atoms with E-state index < -0.39 is 45.8 Å². The van der Waals surface area contributed by atoms with Crippen molar-refractivity contribution < 1.29 is 30.8 Å².